The van der Waals surface area contributed by atoms with Crippen LogP contribution in [0.1, 0.15) is 11.3 Å². The number of halogens is 2. The standard InChI is InChI=1S/C16H15ClIN3O3/c1-10-11(16(17)21(2)20-10)7-8-15(23)24-9-14(22)19-13-6-4-3-5-12(13)18/h3-8H,9H2,1-2H3,(H,19,22)/b8-7+. The van der Waals surface area contributed by atoms with E-state index in [1.54, 1.807) is 20.0 Å². The zero-order chi connectivity index (χ0) is 17.7. The molecule has 0 bridgehead atoms. The topological polar surface area (TPSA) is 73.2 Å². The minimum Gasteiger partial charge on any atom is -0.452 e. The summed E-state index contributed by atoms with van der Waals surface area (Å²) in [5.74, 6) is -1.04. The SMILES string of the molecule is Cc1nn(C)c(Cl)c1/C=C/C(=O)OCC(=O)Nc1ccccc1I. The number of rotatable bonds is 5. The molecule has 0 aliphatic heterocycles. The van der Waals surface area contributed by atoms with E-state index in [4.69, 9.17) is 16.3 Å². The highest BCUT2D eigenvalue weighted by atomic mass is 127. The highest BCUT2D eigenvalue weighted by molar-refractivity contribution is 14.1. The van der Waals surface area contributed by atoms with Gasteiger partial charge in [0.1, 0.15) is 5.15 Å². The van der Waals surface area contributed by atoms with Crippen LogP contribution in [-0.2, 0) is 21.4 Å². The molecule has 6 nitrogen and oxygen atoms in total. The maximum Gasteiger partial charge on any atom is 0.331 e. The van der Waals surface area contributed by atoms with Gasteiger partial charge in [-0.15, -0.1) is 0 Å². The third kappa shape index (κ3) is 4.81. The van der Waals surface area contributed by atoms with Crippen molar-refractivity contribution in [1.29, 1.82) is 0 Å². The Labute approximate surface area is 158 Å². The van der Waals surface area contributed by atoms with E-state index in [9.17, 15) is 9.59 Å². The second-order valence-corrected chi connectivity index (χ2v) is 6.40. The molecule has 24 heavy (non-hydrogen) atoms. The van der Waals surface area contributed by atoms with Crippen molar-refractivity contribution in [3.8, 4) is 0 Å². The minimum atomic E-state index is -0.632. The molecule has 0 saturated heterocycles. The van der Waals surface area contributed by atoms with Crippen molar-refractivity contribution >= 4 is 57.8 Å². The predicted molar refractivity (Wildman–Crippen MR) is 101 cm³/mol. The van der Waals surface area contributed by atoms with E-state index in [0.717, 1.165) is 3.57 Å². The third-order valence-electron chi connectivity index (χ3n) is 3.08. The zero-order valence-electron chi connectivity index (χ0n) is 13.0. The quantitative estimate of drug-likeness (QED) is 0.423. The number of aryl methyl sites for hydroxylation is 2. The van der Waals surface area contributed by atoms with Crippen LogP contribution in [0.5, 0.6) is 0 Å². The van der Waals surface area contributed by atoms with Gasteiger partial charge in [-0.05, 0) is 47.7 Å². The molecule has 1 aromatic heterocycles. The lowest BCUT2D eigenvalue weighted by Crippen LogP contribution is -2.20. The molecule has 1 heterocycles. The second kappa shape index (κ2) is 8.29. The molecule has 2 aromatic rings. The molecular formula is C16H15ClIN3O3. The fourth-order valence-electron chi connectivity index (χ4n) is 1.92. The zero-order valence-corrected chi connectivity index (χ0v) is 16.0. The average molecular weight is 460 g/mol. The first kappa shape index (κ1) is 18.5. The van der Waals surface area contributed by atoms with Crippen LogP contribution in [-0.4, -0.2) is 28.3 Å². The Bertz CT molecular complexity index is 802. The third-order valence-corrected chi connectivity index (χ3v) is 4.46. The maximum absolute atomic E-state index is 11.8. The van der Waals surface area contributed by atoms with Crippen LogP contribution in [0.2, 0.25) is 5.15 Å². The summed E-state index contributed by atoms with van der Waals surface area (Å²) in [6, 6.07) is 7.32. The molecule has 0 atom stereocenters. The Morgan fingerprint density at radius 2 is 2.12 bits per heavy atom. The normalized spacial score (nSPS) is 10.8. The van der Waals surface area contributed by atoms with E-state index in [1.807, 2.05) is 18.2 Å². The summed E-state index contributed by atoms with van der Waals surface area (Å²) in [5.41, 5.74) is 2.01. The number of carbonyl (C=O) groups is 2. The highest BCUT2D eigenvalue weighted by Gasteiger charge is 2.10. The first-order valence-corrected chi connectivity index (χ1v) is 8.42. The molecule has 0 spiro atoms. The lowest BCUT2D eigenvalue weighted by atomic mass is 10.2. The van der Waals surface area contributed by atoms with Gasteiger partial charge in [-0.1, -0.05) is 23.7 Å². The Morgan fingerprint density at radius 1 is 1.42 bits per heavy atom. The van der Waals surface area contributed by atoms with Crippen molar-refractivity contribution in [1.82, 2.24) is 9.78 Å². The van der Waals surface area contributed by atoms with Gasteiger partial charge in [0.25, 0.3) is 5.91 Å². The fraction of sp³-hybridized carbons (Fsp3) is 0.188. The fourth-order valence-corrected chi connectivity index (χ4v) is 2.68. The molecule has 0 aliphatic carbocycles. The molecule has 2 rings (SSSR count). The van der Waals surface area contributed by atoms with Crippen LogP contribution in [0.15, 0.2) is 30.3 Å². The van der Waals surface area contributed by atoms with Gasteiger partial charge in [-0.3, -0.25) is 9.48 Å². The Kier molecular flexibility index (Phi) is 6.38. The molecule has 0 saturated carbocycles. The number of anilines is 1. The number of ether oxygens (including phenoxy) is 1. The van der Waals surface area contributed by atoms with Gasteiger partial charge in [0.15, 0.2) is 6.61 Å². The van der Waals surface area contributed by atoms with E-state index < -0.39 is 11.9 Å². The van der Waals surface area contributed by atoms with Crippen LogP contribution in [0.4, 0.5) is 5.69 Å². The van der Waals surface area contributed by atoms with Gasteiger partial charge < -0.3 is 10.1 Å². The van der Waals surface area contributed by atoms with Crippen LogP contribution < -0.4 is 5.32 Å². The number of nitrogens with one attached hydrogen (secondary N) is 1. The van der Waals surface area contributed by atoms with Gasteiger partial charge >= 0.3 is 5.97 Å². The number of amides is 1. The molecule has 1 N–H and O–H groups in total. The lowest BCUT2D eigenvalue weighted by Gasteiger charge is -2.07. The van der Waals surface area contributed by atoms with Gasteiger partial charge in [-0.2, -0.15) is 5.10 Å². The van der Waals surface area contributed by atoms with Crippen LogP contribution in [0.25, 0.3) is 6.08 Å². The number of hydrogen-bond acceptors (Lipinski definition) is 4. The molecular weight excluding hydrogens is 445 g/mol. The van der Waals surface area contributed by atoms with Crippen molar-refractivity contribution in [3.05, 3.63) is 50.3 Å². The molecule has 1 aromatic carbocycles. The van der Waals surface area contributed by atoms with Gasteiger partial charge in [0, 0.05) is 22.3 Å². The number of hydrogen-bond donors (Lipinski definition) is 1. The summed E-state index contributed by atoms with van der Waals surface area (Å²) >= 11 is 8.17. The summed E-state index contributed by atoms with van der Waals surface area (Å²) in [6.07, 6.45) is 2.74. The average Bonchev–Trinajstić information content (AvgIpc) is 2.78. The smallest absolute Gasteiger partial charge is 0.331 e. The summed E-state index contributed by atoms with van der Waals surface area (Å²) in [6.45, 7) is 1.42. The summed E-state index contributed by atoms with van der Waals surface area (Å²) in [5, 5.41) is 7.24. The Morgan fingerprint density at radius 3 is 2.75 bits per heavy atom. The number of nitrogens with zero attached hydrogens (tertiary/aromatic N) is 2. The van der Waals surface area contributed by atoms with Crippen LogP contribution in [0.3, 0.4) is 0 Å². The Hall–Kier alpha value is -1.87. The first-order valence-electron chi connectivity index (χ1n) is 6.97. The maximum atomic E-state index is 11.8. The number of esters is 1. The summed E-state index contributed by atoms with van der Waals surface area (Å²) in [7, 11) is 1.71. The van der Waals surface area contributed by atoms with Crippen molar-refractivity contribution in [2.45, 2.75) is 6.92 Å². The molecule has 0 radical (unpaired) electrons. The largest absolute Gasteiger partial charge is 0.452 e. The van der Waals surface area contributed by atoms with E-state index in [1.165, 1.54) is 16.8 Å². The number of carbonyl (C=O) groups excluding carboxylic acids is 2. The monoisotopic (exact) mass is 459 g/mol. The first-order chi connectivity index (χ1) is 11.4. The van der Waals surface area contributed by atoms with Crippen molar-refractivity contribution in [3.63, 3.8) is 0 Å². The van der Waals surface area contributed by atoms with E-state index in [2.05, 4.69) is 33.0 Å². The highest BCUT2D eigenvalue weighted by Crippen LogP contribution is 2.20. The molecule has 0 aliphatic rings. The van der Waals surface area contributed by atoms with Gasteiger partial charge in [0.05, 0.1) is 11.4 Å². The minimum absolute atomic E-state index is 0.367. The number of aromatic nitrogens is 2. The van der Waals surface area contributed by atoms with E-state index >= 15 is 0 Å². The van der Waals surface area contributed by atoms with Gasteiger partial charge in [0.2, 0.25) is 0 Å². The summed E-state index contributed by atoms with van der Waals surface area (Å²) < 4.78 is 7.32. The predicted octanol–water partition coefficient (Wildman–Crippen LogP) is 3.18. The molecule has 8 heteroatoms. The van der Waals surface area contributed by atoms with Gasteiger partial charge in [-0.25, -0.2) is 4.79 Å². The van der Waals surface area contributed by atoms with Crippen LogP contribution >= 0.6 is 34.2 Å². The van der Waals surface area contributed by atoms with Crippen LogP contribution in [0, 0.1) is 10.5 Å². The molecule has 0 unspecified atom stereocenters. The van der Waals surface area contributed by atoms with Crippen molar-refractivity contribution in [2.75, 3.05) is 11.9 Å². The van der Waals surface area contributed by atoms with Crippen molar-refractivity contribution in [2.24, 2.45) is 7.05 Å². The van der Waals surface area contributed by atoms with E-state index in [-0.39, 0.29) is 6.61 Å². The molecule has 0 fully saturated rings. The van der Waals surface area contributed by atoms with E-state index in [0.29, 0.717) is 22.1 Å². The van der Waals surface area contributed by atoms with Crippen molar-refractivity contribution < 1.29 is 14.3 Å². The second-order valence-electron chi connectivity index (χ2n) is 4.88. The molecule has 126 valence electrons. The number of benzene rings is 1. The summed E-state index contributed by atoms with van der Waals surface area (Å²) in [4.78, 5) is 23.5. The number of para-hydroxylation sites is 1. The lowest BCUT2D eigenvalue weighted by molar-refractivity contribution is -0.142. The molecule has 1 amide bonds. The Balaban J connectivity index is 1.88.